The summed E-state index contributed by atoms with van der Waals surface area (Å²) in [4.78, 5) is 27.2. The number of amides is 3. The van der Waals surface area contributed by atoms with E-state index in [0.717, 1.165) is 0 Å². The number of para-hydroxylation sites is 1. The molecule has 17 heavy (non-hydrogen) atoms. The maximum atomic E-state index is 11.1. The van der Waals surface area contributed by atoms with Gasteiger partial charge in [0.1, 0.15) is 25.5 Å². The number of urea groups is 1. The fourth-order valence-electron chi connectivity index (χ4n) is 1.34. The second kappa shape index (κ2) is 5.31. The quantitative estimate of drug-likeness (QED) is 0.598. The average Bonchev–Trinajstić information content (AvgIpc) is 2.67. The van der Waals surface area contributed by atoms with Gasteiger partial charge in [-0.25, -0.2) is 4.79 Å². The van der Waals surface area contributed by atoms with E-state index in [1.165, 1.54) is 0 Å². The van der Waals surface area contributed by atoms with Gasteiger partial charge in [-0.15, -0.1) is 5.06 Å². The summed E-state index contributed by atoms with van der Waals surface area (Å²) in [5.41, 5.74) is 0. The Morgan fingerprint density at radius 2 is 1.94 bits per heavy atom. The lowest BCUT2D eigenvalue weighted by Gasteiger charge is -2.12. The first-order valence-corrected chi connectivity index (χ1v) is 5.19. The minimum atomic E-state index is -0.533. The van der Waals surface area contributed by atoms with Gasteiger partial charge in [0, 0.05) is 0 Å². The molecule has 0 aromatic heterocycles. The van der Waals surface area contributed by atoms with Crippen LogP contribution in [0, 0.1) is 0 Å². The molecule has 0 aliphatic carbocycles. The van der Waals surface area contributed by atoms with Gasteiger partial charge in [0.2, 0.25) is 0 Å². The zero-order valence-corrected chi connectivity index (χ0v) is 9.09. The van der Waals surface area contributed by atoms with E-state index in [2.05, 4.69) is 5.32 Å². The summed E-state index contributed by atoms with van der Waals surface area (Å²) < 4.78 is 5.34. The van der Waals surface area contributed by atoms with Gasteiger partial charge in [-0.2, -0.15) is 0 Å². The topological polar surface area (TPSA) is 67.9 Å². The van der Waals surface area contributed by atoms with Gasteiger partial charge < -0.3 is 10.1 Å². The van der Waals surface area contributed by atoms with Crippen LogP contribution < -0.4 is 10.1 Å². The molecule has 0 saturated carbocycles. The highest BCUT2D eigenvalue weighted by Crippen LogP contribution is 2.08. The highest BCUT2D eigenvalue weighted by molar-refractivity contribution is 6.00. The molecular weight excluding hydrogens is 224 g/mol. The van der Waals surface area contributed by atoms with E-state index in [1.807, 2.05) is 30.3 Å². The molecule has 1 saturated heterocycles. The number of nitrogens with zero attached hydrogens (tertiary/aromatic N) is 1. The van der Waals surface area contributed by atoms with Crippen molar-refractivity contribution < 1.29 is 19.2 Å². The lowest BCUT2D eigenvalue weighted by Crippen LogP contribution is -2.32. The summed E-state index contributed by atoms with van der Waals surface area (Å²) in [5, 5.41) is 3.07. The van der Waals surface area contributed by atoms with E-state index >= 15 is 0 Å². The van der Waals surface area contributed by atoms with Gasteiger partial charge in [0.15, 0.2) is 0 Å². The van der Waals surface area contributed by atoms with Crippen molar-refractivity contribution in [3.05, 3.63) is 30.3 Å². The van der Waals surface area contributed by atoms with Gasteiger partial charge in [-0.05, 0) is 12.1 Å². The zero-order valence-electron chi connectivity index (χ0n) is 9.09. The normalized spacial score (nSPS) is 14.9. The monoisotopic (exact) mass is 236 g/mol. The molecule has 3 amide bonds. The molecule has 1 fully saturated rings. The Morgan fingerprint density at radius 1 is 1.18 bits per heavy atom. The van der Waals surface area contributed by atoms with Crippen molar-refractivity contribution in [1.29, 1.82) is 0 Å². The number of benzene rings is 1. The Hall–Kier alpha value is -2.08. The van der Waals surface area contributed by atoms with Crippen molar-refractivity contribution in [2.45, 2.75) is 0 Å². The number of carbonyl (C=O) groups is 2. The molecule has 0 radical (unpaired) electrons. The number of hydrogen-bond acceptors (Lipinski definition) is 4. The summed E-state index contributed by atoms with van der Waals surface area (Å²) in [6, 6.07) is 8.69. The predicted molar refractivity (Wildman–Crippen MR) is 58.1 cm³/mol. The Kier molecular flexibility index (Phi) is 3.56. The highest BCUT2D eigenvalue weighted by Gasteiger charge is 2.29. The largest absolute Gasteiger partial charge is 0.491 e. The maximum Gasteiger partial charge on any atom is 0.349 e. The van der Waals surface area contributed by atoms with E-state index in [1.54, 1.807) is 0 Å². The fraction of sp³-hybridized carbons (Fsp3) is 0.273. The third-order valence-corrected chi connectivity index (χ3v) is 2.12. The second-order valence-electron chi connectivity index (χ2n) is 3.34. The maximum absolute atomic E-state index is 11.1. The van der Waals surface area contributed by atoms with E-state index in [-0.39, 0.29) is 19.8 Å². The van der Waals surface area contributed by atoms with Crippen LogP contribution in [0.4, 0.5) is 4.79 Å². The van der Waals surface area contributed by atoms with Crippen LogP contribution in [0.5, 0.6) is 5.75 Å². The summed E-state index contributed by atoms with van der Waals surface area (Å²) in [7, 11) is 0. The molecule has 1 aromatic rings. The number of carbonyl (C=O) groups excluding carboxylic acids is 2. The van der Waals surface area contributed by atoms with Gasteiger partial charge in [-0.1, -0.05) is 18.2 Å². The summed E-state index contributed by atoms with van der Waals surface area (Å²) in [6.45, 7) is 0.382. The fourth-order valence-corrected chi connectivity index (χ4v) is 1.34. The SMILES string of the molecule is O=C1CNC(=O)N1OCCOc1ccccc1. The Morgan fingerprint density at radius 3 is 2.59 bits per heavy atom. The lowest BCUT2D eigenvalue weighted by molar-refractivity contribution is -0.163. The molecule has 1 N–H and O–H groups in total. The molecule has 0 atom stereocenters. The molecule has 0 bridgehead atoms. The van der Waals surface area contributed by atoms with Crippen LogP contribution in [0.1, 0.15) is 0 Å². The molecule has 1 heterocycles. The van der Waals surface area contributed by atoms with Crippen LogP contribution >= 0.6 is 0 Å². The third kappa shape index (κ3) is 2.94. The molecule has 1 aliphatic heterocycles. The highest BCUT2D eigenvalue weighted by atomic mass is 16.7. The van der Waals surface area contributed by atoms with Crippen LogP contribution in [-0.4, -0.2) is 36.8 Å². The van der Waals surface area contributed by atoms with Gasteiger partial charge >= 0.3 is 6.03 Å². The molecule has 6 heteroatoms. The number of ether oxygens (including phenoxy) is 1. The van der Waals surface area contributed by atoms with Crippen LogP contribution in [0.15, 0.2) is 30.3 Å². The third-order valence-electron chi connectivity index (χ3n) is 2.12. The summed E-state index contributed by atoms with van der Waals surface area (Å²) in [5.74, 6) is 0.322. The van der Waals surface area contributed by atoms with Crippen LogP contribution in [0.3, 0.4) is 0 Å². The van der Waals surface area contributed by atoms with Gasteiger partial charge in [-0.3, -0.25) is 9.63 Å². The number of nitrogens with one attached hydrogen (secondary N) is 1. The molecule has 1 aliphatic rings. The van der Waals surface area contributed by atoms with Crippen molar-refractivity contribution in [3.8, 4) is 5.75 Å². The predicted octanol–water partition coefficient (Wildman–Crippen LogP) is 0.549. The minimum absolute atomic E-state index is 0.0155. The van der Waals surface area contributed by atoms with Crippen molar-refractivity contribution in [2.24, 2.45) is 0 Å². The number of imide groups is 1. The summed E-state index contributed by atoms with van der Waals surface area (Å²) in [6.07, 6.45) is 0. The minimum Gasteiger partial charge on any atom is -0.491 e. The first kappa shape index (κ1) is 11.4. The van der Waals surface area contributed by atoms with E-state index in [4.69, 9.17) is 9.57 Å². The number of hydrogen-bond donors (Lipinski definition) is 1. The van der Waals surface area contributed by atoms with Gasteiger partial charge in [0.05, 0.1) is 0 Å². The van der Waals surface area contributed by atoms with E-state index in [9.17, 15) is 9.59 Å². The van der Waals surface area contributed by atoms with Crippen LogP contribution in [0.2, 0.25) is 0 Å². The zero-order chi connectivity index (χ0) is 12.1. The standard InChI is InChI=1S/C11H12N2O4/c14-10-8-12-11(15)13(10)17-7-6-16-9-4-2-1-3-5-9/h1-5H,6-8H2,(H,12,15). The second-order valence-corrected chi connectivity index (χ2v) is 3.34. The van der Waals surface area contributed by atoms with Crippen molar-refractivity contribution >= 4 is 11.9 Å². The smallest absolute Gasteiger partial charge is 0.349 e. The molecule has 0 spiro atoms. The lowest BCUT2D eigenvalue weighted by atomic mass is 10.3. The van der Waals surface area contributed by atoms with Crippen molar-refractivity contribution in [1.82, 2.24) is 10.4 Å². The van der Waals surface area contributed by atoms with Crippen molar-refractivity contribution in [2.75, 3.05) is 19.8 Å². The molecule has 6 nitrogen and oxygen atoms in total. The molecule has 2 rings (SSSR count). The van der Waals surface area contributed by atoms with Crippen LogP contribution in [-0.2, 0) is 9.63 Å². The number of hydroxylamine groups is 2. The Labute approximate surface area is 98.1 Å². The molecule has 90 valence electrons. The van der Waals surface area contributed by atoms with E-state index in [0.29, 0.717) is 10.8 Å². The Balaban J connectivity index is 1.70. The van der Waals surface area contributed by atoms with Gasteiger partial charge in [0.25, 0.3) is 5.91 Å². The Bertz CT molecular complexity index is 391. The molecule has 1 aromatic carbocycles. The average molecular weight is 236 g/mol. The molecular formula is C11H12N2O4. The number of rotatable bonds is 5. The van der Waals surface area contributed by atoms with Crippen molar-refractivity contribution in [3.63, 3.8) is 0 Å². The first-order valence-electron chi connectivity index (χ1n) is 5.19. The van der Waals surface area contributed by atoms with Crippen LogP contribution in [0.25, 0.3) is 0 Å². The molecule has 0 unspecified atom stereocenters. The summed E-state index contributed by atoms with van der Waals surface area (Å²) >= 11 is 0. The first-order chi connectivity index (χ1) is 8.27. The van der Waals surface area contributed by atoms with E-state index < -0.39 is 11.9 Å².